The average molecular weight is 311 g/mol. The van der Waals surface area contributed by atoms with Gasteiger partial charge < -0.3 is 0 Å². The summed E-state index contributed by atoms with van der Waals surface area (Å²) in [5.74, 6) is -0.608. The summed E-state index contributed by atoms with van der Waals surface area (Å²) in [4.78, 5) is 6.39. The third-order valence-corrected chi connectivity index (χ3v) is 4.17. The van der Waals surface area contributed by atoms with E-state index in [-0.39, 0.29) is 10.2 Å². The zero-order chi connectivity index (χ0) is 14.1. The van der Waals surface area contributed by atoms with Crippen LogP contribution in [0.3, 0.4) is 0 Å². The first-order chi connectivity index (χ1) is 9.65. The Morgan fingerprint density at radius 1 is 1.20 bits per heavy atom. The van der Waals surface area contributed by atoms with Gasteiger partial charge in [-0.1, -0.05) is 53.5 Å². The molecule has 0 amide bonds. The van der Waals surface area contributed by atoms with Crippen molar-refractivity contribution in [3.05, 3.63) is 63.1 Å². The third-order valence-electron chi connectivity index (χ3n) is 3.52. The molecule has 2 nitrogen and oxygen atoms in total. The molecule has 0 bridgehead atoms. The molecule has 2 heterocycles. The minimum absolute atomic E-state index is 0.124. The number of pyridine rings is 1. The van der Waals surface area contributed by atoms with Gasteiger partial charge in [0.15, 0.2) is 11.0 Å². The van der Waals surface area contributed by atoms with E-state index in [1.165, 1.54) is 5.56 Å². The molecule has 1 aliphatic heterocycles. The molecule has 0 saturated carbocycles. The highest BCUT2D eigenvalue weighted by atomic mass is 35.5. The molecule has 2 aromatic rings. The van der Waals surface area contributed by atoms with Crippen LogP contribution >= 0.6 is 23.2 Å². The van der Waals surface area contributed by atoms with E-state index in [2.05, 4.69) is 22.0 Å². The Hall–Kier alpha value is -1.16. The summed E-state index contributed by atoms with van der Waals surface area (Å²) in [7, 11) is 0. The topological polar surface area (TPSA) is 16.1 Å². The molecule has 0 N–H and O–H groups in total. The monoisotopic (exact) mass is 310 g/mol. The second kappa shape index (κ2) is 5.68. The predicted molar refractivity (Wildman–Crippen MR) is 78.5 cm³/mol. The quantitative estimate of drug-likeness (QED) is 0.777. The summed E-state index contributed by atoms with van der Waals surface area (Å²) in [6, 6.07) is 10.2. The molecule has 104 valence electrons. The van der Waals surface area contributed by atoms with Crippen LogP contribution in [0.1, 0.15) is 16.8 Å². The van der Waals surface area contributed by atoms with Crippen molar-refractivity contribution in [2.24, 2.45) is 0 Å². The van der Waals surface area contributed by atoms with Gasteiger partial charge in [0.1, 0.15) is 0 Å². The molecule has 5 heteroatoms. The molecular weight excluding hydrogens is 298 g/mol. The molecule has 0 radical (unpaired) electrons. The van der Waals surface area contributed by atoms with Gasteiger partial charge in [-0.3, -0.25) is 4.90 Å². The van der Waals surface area contributed by atoms with Crippen molar-refractivity contribution in [1.82, 2.24) is 9.88 Å². The number of hydrogen-bond acceptors (Lipinski definition) is 2. The van der Waals surface area contributed by atoms with Crippen LogP contribution in [0.25, 0.3) is 0 Å². The van der Waals surface area contributed by atoms with Crippen molar-refractivity contribution in [3.63, 3.8) is 0 Å². The largest absolute Gasteiger partial charge is 0.293 e. The van der Waals surface area contributed by atoms with Gasteiger partial charge in [-0.05, 0) is 17.5 Å². The van der Waals surface area contributed by atoms with E-state index in [1.807, 2.05) is 18.2 Å². The van der Waals surface area contributed by atoms with E-state index < -0.39 is 5.82 Å². The van der Waals surface area contributed by atoms with E-state index in [0.29, 0.717) is 13.0 Å². The standard InChI is InChI=1S/C15H13Cl2FN2/c16-13-11-6-7-20(8-10-4-2-1-3-5-10)9-12(11)19-15(17)14(13)18/h1-5H,6-9H2. The van der Waals surface area contributed by atoms with E-state index in [1.54, 1.807) is 0 Å². The minimum atomic E-state index is -0.608. The molecule has 0 spiro atoms. The van der Waals surface area contributed by atoms with Crippen LogP contribution in [0, 0.1) is 5.82 Å². The predicted octanol–water partition coefficient (Wildman–Crippen LogP) is 4.09. The summed E-state index contributed by atoms with van der Waals surface area (Å²) < 4.78 is 13.6. The number of hydrogen-bond donors (Lipinski definition) is 0. The maximum Gasteiger partial charge on any atom is 0.179 e. The maximum atomic E-state index is 13.6. The Morgan fingerprint density at radius 3 is 2.70 bits per heavy atom. The van der Waals surface area contributed by atoms with Gasteiger partial charge in [0, 0.05) is 19.6 Å². The molecule has 0 fully saturated rings. The van der Waals surface area contributed by atoms with Gasteiger partial charge >= 0.3 is 0 Å². The summed E-state index contributed by atoms with van der Waals surface area (Å²) >= 11 is 11.8. The zero-order valence-corrected chi connectivity index (χ0v) is 12.3. The van der Waals surface area contributed by atoms with Crippen molar-refractivity contribution in [2.75, 3.05) is 6.54 Å². The lowest BCUT2D eigenvalue weighted by atomic mass is 10.0. The van der Waals surface area contributed by atoms with Crippen LogP contribution in [0.4, 0.5) is 4.39 Å². The first-order valence-corrected chi connectivity index (χ1v) is 7.19. The van der Waals surface area contributed by atoms with Gasteiger partial charge in [-0.2, -0.15) is 0 Å². The first-order valence-electron chi connectivity index (χ1n) is 6.43. The first kappa shape index (κ1) is 13.8. The van der Waals surface area contributed by atoms with E-state index in [9.17, 15) is 4.39 Å². The third kappa shape index (κ3) is 2.66. The summed E-state index contributed by atoms with van der Waals surface area (Å²) in [6.07, 6.45) is 0.697. The highest BCUT2D eigenvalue weighted by Crippen LogP contribution is 2.31. The lowest BCUT2D eigenvalue weighted by Crippen LogP contribution is -2.31. The molecule has 0 aliphatic carbocycles. The van der Waals surface area contributed by atoms with Crippen LogP contribution in [-0.4, -0.2) is 16.4 Å². The Labute approximate surface area is 127 Å². The number of halogens is 3. The maximum absolute atomic E-state index is 13.6. The molecule has 0 saturated heterocycles. The summed E-state index contributed by atoms with van der Waals surface area (Å²) in [5.41, 5.74) is 2.82. The smallest absolute Gasteiger partial charge is 0.179 e. The van der Waals surface area contributed by atoms with Crippen LogP contribution in [-0.2, 0) is 19.5 Å². The minimum Gasteiger partial charge on any atom is -0.293 e. The molecule has 3 rings (SSSR count). The summed E-state index contributed by atoms with van der Waals surface area (Å²) in [6.45, 7) is 2.32. The molecule has 1 aromatic heterocycles. The van der Waals surface area contributed by atoms with Gasteiger partial charge in [-0.15, -0.1) is 0 Å². The van der Waals surface area contributed by atoms with Gasteiger partial charge in [0.05, 0.1) is 10.7 Å². The van der Waals surface area contributed by atoms with Gasteiger partial charge in [-0.25, -0.2) is 9.37 Å². The molecule has 1 aliphatic rings. The Balaban J connectivity index is 1.82. The van der Waals surface area contributed by atoms with E-state index in [4.69, 9.17) is 23.2 Å². The average Bonchev–Trinajstić information content (AvgIpc) is 2.46. The van der Waals surface area contributed by atoms with Gasteiger partial charge in [0.25, 0.3) is 0 Å². The highest BCUT2D eigenvalue weighted by molar-refractivity contribution is 6.34. The number of aromatic nitrogens is 1. The van der Waals surface area contributed by atoms with Gasteiger partial charge in [0.2, 0.25) is 0 Å². The number of fused-ring (bicyclic) bond motifs is 1. The molecule has 20 heavy (non-hydrogen) atoms. The second-order valence-electron chi connectivity index (χ2n) is 4.90. The molecule has 1 aromatic carbocycles. The van der Waals surface area contributed by atoms with Crippen molar-refractivity contribution in [2.45, 2.75) is 19.5 Å². The second-order valence-corrected chi connectivity index (χ2v) is 5.64. The zero-order valence-electron chi connectivity index (χ0n) is 10.7. The van der Waals surface area contributed by atoms with Crippen LogP contribution in [0.15, 0.2) is 30.3 Å². The lowest BCUT2D eigenvalue weighted by molar-refractivity contribution is 0.241. The van der Waals surface area contributed by atoms with Crippen LogP contribution < -0.4 is 0 Å². The van der Waals surface area contributed by atoms with Crippen LogP contribution in [0.5, 0.6) is 0 Å². The number of benzene rings is 1. The van der Waals surface area contributed by atoms with E-state index >= 15 is 0 Å². The lowest BCUT2D eigenvalue weighted by Gasteiger charge is -2.28. The normalized spacial score (nSPS) is 15.2. The Bertz CT molecular complexity index is 632. The highest BCUT2D eigenvalue weighted by Gasteiger charge is 2.23. The molecular formula is C15H13Cl2FN2. The Morgan fingerprint density at radius 2 is 1.95 bits per heavy atom. The van der Waals surface area contributed by atoms with Crippen molar-refractivity contribution >= 4 is 23.2 Å². The summed E-state index contributed by atoms with van der Waals surface area (Å²) in [5, 5.41) is -0.0188. The van der Waals surface area contributed by atoms with Crippen LogP contribution in [0.2, 0.25) is 10.2 Å². The fraction of sp³-hybridized carbons (Fsp3) is 0.267. The van der Waals surface area contributed by atoms with Crippen molar-refractivity contribution in [3.8, 4) is 0 Å². The number of nitrogens with zero attached hydrogens (tertiary/aromatic N) is 2. The SMILES string of the molecule is Fc1c(Cl)nc2c(c1Cl)CCN(Cc1ccccc1)C2. The van der Waals surface area contributed by atoms with Crippen molar-refractivity contribution in [1.29, 1.82) is 0 Å². The molecule has 0 unspecified atom stereocenters. The fourth-order valence-electron chi connectivity index (χ4n) is 2.51. The van der Waals surface area contributed by atoms with Crippen molar-refractivity contribution < 1.29 is 4.39 Å². The molecule has 0 atom stereocenters. The van der Waals surface area contributed by atoms with E-state index in [0.717, 1.165) is 24.3 Å². The number of rotatable bonds is 2. The fourth-order valence-corrected chi connectivity index (χ4v) is 3.04. The Kier molecular flexibility index (Phi) is 3.92.